The molecule has 2 aromatic carbocycles. The number of carbonyl (C=O) groups is 2. The second-order valence-electron chi connectivity index (χ2n) is 8.27. The standard InChI is InChI=1S/C26H29FN2O3S/c1-19(2)15-29(26(31)21-6-4-7-23(14-21)32-3)18-25(30)28(17-24-8-5-13-33-24)16-20-9-11-22(27)12-10-20/h4-14,19H,15-18H2,1-3H3. The van der Waals surface area contributed by atoms with E-state index in [2.05, 4.69) is 0 Å². The Morgan fingerprint density at radius 2 is 1.76 bits per heavy atom. The Labute approximate surface area is 198 Å². The summed E-state index contributed by atoms with van der Waals surface area (Å²) in [6.45, 7) is 5.19. The van der Waals surface area contributed by atoms with Crippen molar-refractivity contribution < 1.29 is 18.7 Å². The van der Waals surface area contributed by atoms with Crippen LogP contribution >= 0.6 is 11.3 Å². The van der Waals surface area contributed by atoms with Gasteiger partial charge in [-0.25, -0.2) is 4.39 Å². The van der Waals surface area contributed by atoms with Gasteiger partial charge in [-0.3, -0.25) is 9.59 Å². The number of benzene rings is 2. The summed E-state index contributed by atoms with van der Waals surface area (Å²) in [6, 6.07) is 17.0. The number of hydrogen-bond donors (Lipinski definition) is 0. The summed E-state index contributed by atoms with van der Waals surface area (Å²) >= 11 is 1.57. The van der Waals surface area contributed by atoms with Gasteiger partial charge in [-0.15, -0.1) is 11.3 Å². The van der Waals surface area contributed by atoms with E-state index in [0.29, 0.717) is 30.9 Å². The molecule has 1 aromatic heterocycles. The fourth-order valence-electron chi connectivity index (χ4n) is 3.50. The van der Waals surface area contributed by atoms with E-state index in [0.717, 1.165) is 10.4 Å². The third kappa shape index (κ3) is 7.15. The van der Waals surface area contributed by atoms with Crippen LogP contribution in [-0.2, 0) is 17.9 Å². The lowest BCUT2D eigenvalue weighted by molar-refractivity contribution is -0.133. The highest BCUT2D eigenvalue weighted by Gasteiger charge is 2.24. The average molecular weight is 469 g/mol. The van der Waals surface area contributed by atoms with Gasteiger partial charge in [-0.2, -0.15) is 0 Å². The number of nitrogens with zero attached hydrogens (tertiary/aromatic N) is 2. The highest BCUT2D eigenvalue weighted by molar-refractivity contribution is 7.09. The van der Waals surface area contributed by atoms with Crippen molar-refractivity contribution in [2.45, 2.75) is 26.9 Å². The topological polar surface area (TPSA) is 49.9 Å². The van der Waals surface area contributed by atoms with Crippen LogP contribution in [0.25, 0.3) is 0 Å². The van der Waals surface area contributed by atoms with Gasteiger partial charge in [-0.1, -0.05) is 38.1 Å². The normalized spacial score (nSPS) is 10.8. The lowest BCUT2D eigenvalue weighted by Crippen LogP contribution is -2.43. The summed E-state index contributed by atoms with van der Waals surface area (Å²) < 4.78 is 18.6. The average Bonchev–Trinajstić information content (AvgIpc) is 3.32. The van der Waals surface area contributed by atoms with Crippen LogP contribution < -0.4 is 4.74 Å². The Morgan fingerprint density at radius 1 is 1.00 bits per heavy atom. The van der Waals surface area contributed by atoms with Crippen LogP contribution in [0.2, 0.25) is 0 Å². The second-order valence-corrected chi connectivity index (χ2v) is 9.30. The van der Waals surface area contributed by atoms with Crippen molar-refractivity contribution in [2.75, 3.05) is 20.2 Å². The minimum Gasteiger partial charge on any atom is -0.497 e. The van der Waals surface area contributed by atoms with E-state index in [4.69, 9.17) is 4.74 Å². The van der Waals surface area contributed by atoms with Crippen molar-refractivity contribution in [3.8, 4) is 5.75 Å². The number of amides is 2. The highest BCUT2D eigenvalue weighted by atomic mass is 32.1. The molecule has 0 aliphatic rings. The second kappa shape index (κ2) is 11.6. The molecule has 33 heavy (non-hydrogen) atoms. The summed E-state index contributed by atoms with van der Waals surface area (Å²) in [7, 11) is 1.55. The van der Waals surface area contributed by atoms with Gasteiger partial charge < -0.3 is 14.5 Å². The maximum absolute atomic E-state index is 13.4. The molecule has 0 atom stereocenters. The Hall–Kier alpha value is -3.19. The van der Waals surface area contributed by atoms with Crippen LogP contribution in [0.4, 0.5) is 4.39 Å². The Bertz CT molecular complexity index is 1050. The maximum atomic E-state index is 13.4. The van der Waals surface area contributed by atoms with Gasteiger partial charge in [0.2, 0.25) is 5.91 Å². The molecule has 0 saturated carbocycles. The zero-order chi connectivity index (χ0) is 23.8. The number of hydrogen-bond acceptors (Lipinski definition) is 4. The lowest BCUT2D eigenvalue weighted by Gasteiger charge is -2.29. The molecule has 0 saturated heterocycles. The zero-order valence-electron chi connectivity index (χ0n) is 19.2. The van der Waals surface area contributed by atoms with E-state index in [1.165, 1.54) is 12.1 Å². The van der Waals surface area contributed by atoms with Crippen molar-refractivity contribution >= 4 is 23.2 Å². The van der Waals surface area contributed by atoms with Gasteiger partial charge in [0.15, 0.2) is 0 Å². The van der Waals surface area contributed by atoms with E-state index in [1.54, 1.807) is 64.6 Å². The Kier molecular flexibility index (Phi) is 8.60. The maximum Gasteiger partial charge on any atom is 0.254 e. The van der Waals surface area contributed by atoms with Crippen molar-refractivity contribution in [3.05, 3.63) is 87.9 Å². The zero-order valence-corrected chi connectivity index (χ0v) is 20.0. The van der Waals surface area contributed by atoms with E-state index in [9.17, 15) is 14.0 Å². The summed E-state index contributed by atoms with van der Waals surface area (Å²) in [6.07, 6.45) is 0. The van der Waals surface area contributed by atoms with Gasteiger partial charge in [0.25, 0.3) is 5.91 Å². The van der Waals surface area contributed by atoms with Crippen molar-refractivity contribution in [1.29, 1.82) is 0 Å². The first-order valence-corrected chi connectivity index (χ1v) is 11.7. The minimum atomic E-state index is -0.318. The molecule has 1 heterocycles. The largest absolute Gasteiger partial charge is 0.497 e. The number of rotatable bonds is 10. The third-order valence-electron chi connectivity index (χ3n) is 5.08. The fourth-order valence-corrected chi connectivity index (χ4v) is 4.21. The van der Waals surface area contributed by atoms with Crippen molar-refractivity contribution in [2.24, 2.45) is 5.92 Å². The Balaban J connectivity index is 1.81. The van der Waals surface area contributed by atoms with Gasteiger partial charge in [-0.05, 0) is 53.3 Å². The molecule has 3 rings (SSSR count). The summed E-state index contributed by atoms with van der Waals surface area (Å²) in [5.41, 5.74) is 1.31. The minimum absolute atomic E-state index is 0.0409. The summed E-state index contributed by atoms with van der Waals surface area (Å²) in [5, 5.41) is 1.97. The number of methoxy groups -OCH3 is 1. The molecule has 0 fully saturated rings. The molecule has 0 bridgehead atoms. The number of halogens is 1. The smallest absolute Gasteiger partial charge is 0.254 e. The SMILES string of the molecule is COc1cccc(C(=O)N(CC(=O)N(Cc2ccc(F)cc2)Cc2cccs2)CC(C)C)c1. The summed E-state index contributed by atoms with van der Waals surface area (Å²) in [4.78, 5) is 31.1. The molecule has 0 unspecified atom stereocenters. The number of thiophene rings is 1. The predicted molar refractivity (Wildman–Crippen MR) is 129 cm³/mol. The van der Waals surface area contributed by atoms with Crippen LogP contribution in [0.5, 0.6) is 5.75 Å². The quantitative estimate of drug-likeness (QED) is 0.410. The van der Waals surface area contributed by atoms with Crippen LogP contribution in [0.1, 0.15) is 34.6 Å². The third-order valence-corrected chi connectivity index (χ3v) is 5.94. The van der Waals surface area contributed by atoms with Gasteiger partial charge in [0.05, 0.1) is 13.7 Å². The number of ether oxygens (including phenoxy) is 1. The van der Waals surface area contributed by atoms with Gasteiger partial charge >= 0.3 is 0 Å². The van der Waals surface area contributed by atoms with Crippen LogP contribution in [-0.4, -0.2) is 41.8 Å². The van der Waals surface area contributed by atoms with Crippen molar-refractivity contribution in [1.82, 2.24) is 9.80 Å². The molecule has 3 aromatic rings. The van der Waals surface area contributed by atoms with Crippen LogP contribution in [0.3, 0.4) is 0 Å². The molecule has 0 spiro atoms. The molecule has 2 amide bonds. The summed E-state index contributed by atoms with van der Waals surface area (Å²) in [5.74, 6) is 0.0859. The predicted octanol–water partition coefficient (Wildman–Crippen LogP) is 5.22. The molecular formula is C26H29FN2O3S. The van der Waals surface area contributed by atoms with E-state index in [-0.39, 0.29) is 30.1 Å². The molecule has 5 nitrogen and oxygen atoms in total. The molecule has 0 aliphatic carbocycles. The molecule has 174 valence electrons. The number of carbonyl (C=O) groups excluding carboxylic acids is 2. The Morgan fingerprint density at radius 3 is 2.39 bits per heavy atom. The van der Waals surface area contributed by atoms with E-state index < -0.39 is 0 Å². The molecular weight excluding hydrogens is 439 g/mol. The molecule has 7 heteroatoms. The van der Waals surface area contributed by atoms with E-state index in [1.807, 2.05) is 31.4 Å². The van der Waals surface area contributed by atoms with Crippen LogP contribution in [0.15, 0.2) is 66.0 Å². The fraction of sp³-hybridized carbons (Fsp3) is 0.308. The molecule has 0 radical (unpaired) electrons. The lowest BCUT2D eigenvalue weighted by atomic mass is 10.1. The van der Waals surface area contributed by atoms with Crippen molar-refractivity contribution in [3.63, 3.8) is 0 Å². The van der Waals surface area contributed by atoms with Gasteiger partial charge in [0, 0.05) is 23.5 Å². The first-order chi connectivity index (χ1) is 15.9. The highest BCUT2D eigenvalue weighted by Crippen LogP contribution is 2.18. The monoisotopic (exact) mass is 468 g/mol. The molecule has 0 N–H and O–H groups in total. The van der Waals surface area contributed by atoms with Crippen LogP contribution in [0, 0.1) is 11.7 Å². The molecule has 0 aliphatic heterocycles. The first-order valence-electron chi connectivity index (χ1n) is 10.8. The van der Waals surface area contributed by atoms with Gasteiger partial charge in [0.1, 0.15) is 18.1 Å². The first kappa shape index (κ1) is 24.5. The van der Waals surface area contributed by atoms with E-state index >= 15 is 0 Å².